The molecule has 0 atom stereocenters. The molecule has 5 nitrogen and oxygen atoms in total. The molecule has 0 aromatic heterocycles. The number of halogens is 1. The van der Waals surface area contributed by atoms with Gasteiger partial charge in [-0.25, -0.2) is 9.29 Å². The lowest BCUT2D eigenvalue weighted by molar-refractivity contribution is 0.0926. The number of nitrogens with zero attached hydrogens (tertiary/aromatic N) is 1. The van der Waals surface area contributed by atoms with E-state index in [4.69, 9.17) is 10.0 Å². The standard InChI is InChI=1S/C14H9BFNO4/c16-9-5-8(15(20)21)6-10(7-9)17-13(18)11-3-1-2-4-12(11)14(17)19/h1-7,20-21H. The van der Waals surface area contributed by atoms with Gasteiger partial charge in [-0.3, -0.25) is 9.59 Å². The highest BCUT2D eigenvalue weighted by molar-refractivity contribution is 6.58. The van der Waals surface area contributed by atoms with Crippen LogP contribution < -0.4 is 10.4 Å². The fourth-order valence-electron chi connectivity index (χ4n) is 2.30. The van der Waals surface area contributed by atoms with Crippen LogP contribution in [0, 0.1) is 5.82 Å². The van der Waals surface area contributed by atoms with Gasteiger partial charge < -0.3 is 10.0 Å². The minimum absolute atomic E-state index is 0.0377. The molecular formula is C14H9BFNO4. The normalized spacial score (nSPS) is 13.6. The summed E-state index contributed by atoms with van der Waals surface area (Å²) in [6, 6.07) is 9.38. The average molecular weight is 285 g/mol. The van der Waals surface area contributed by atoms with Crippen LogP contribution in [0.4, 0.5) is 10.1 Å². The minimum atomic E-state index is -1.89. The highest BCUT2D eigenvalue weighted by Gasteiger charge is 2.36. The molecule has 0 radical (unpaired) electrons. The number of fused-ring (bicyclic) bond motifs is 1. The van der Waals surface area contributed by atoms with Crippen LogP contribution in [0.25, 0.3) is 0 Å². The van der Waals surface area contributed by atoms with Crippen molar-refractivity contribution in [3.8, 4) is 0 Å². The fourth-order valence-corrected chi connectivity index (χ4v) is 2.30. The molecule has 7 heteroatoms. The molecule has 0 saturated carbocycles. The molecule has 0 bridgehead atoms. The minimum Gasteiger partial charge on any atom is -0.423 e. The number of carbonyl (C=O) groups is 2. The number of hydrogen-bond acceptors (Lipinski definition) is 4. The molecule has 1 heterocycles. The number of hydrogen-bond donors (Lipinski definition) is 2. The maximum atomic E-state index is 13.6. The number of amides is 2. The molecule has 0 aliphatic carbocycles. The summed E-state index contributed by atoms with van der Waals surface area (Å²) in [7, 11) is -1.89. The van der Waals surface area contributed by atoms with Crippen molar-refractivity contribution in [1.29, 1.82) is 0 Å². The van der Waals surface area contributed by atoms with Crippen LogP contribution in [0.1, 0.15) is 20.7 Å². The number of benzene rings is 2. The van der Waals surface area contributed by atoms with E-state index in [-0.39, 0.29) is 22.3 Å². The number of imide groups is 1. The average Bonchev–Trinajstić information content (AvgIpc) is 2.71. The topological polar surface area (TPSA) is 77.8 Å². The molecule has 104 valence electrons. The first-order chi connectivity index (χ1) is 9.99. The lowest BCUT2D eigenvalue weighted by Crippen LogP contribution is -2.34. The van der Waals surface area contributed by atoms with E-state index >= 15 is 0 Å². The van der Waals surface area contributed by atoms with Crippen molar-refractivity contribution < 1.29 is 24.0 Å². The van der Waals surface area contributed by atoms with E-state index in [9.17, 15) is 14.0 Å². The van der Waals surface area contributed by atoms with Crippen LogP contribution in [0.15, 0.2) is 42.5 Å². The summed E-state index contributed by atoms with van der Waals surface area (Å²) in [4.78, 5) is 25.3. The zero-order chi connectivity index (χ0) is 15.1. The van der Waals surface area contributed by atoms with Crippen molar-refractivity contribution in [1.82, 2.24) is 0 Å². The summed E-state index contributed by atoms with van der Waals surface area (Å²) in [6.45, 7) is 0. The van der Waals surface area contributed by atoms with Crippen LogP contribution in [0.3, 0.4) is 0 Å². The molecule has 2 aromatic rings. The summed E-state index contributed by atoms with van der Waals surface area (Å²) in [5.41, 5.74) is 0.293. The summed E-state index contributed by atoms with van der Waals surface area (Å²) >= 11 is 0. The molecule has 3 rings (SSSR count). The maximum Gasteiger partial charge on any atom is 0.488 e. The molecule has 0 fully saturated rings. The fraction of sp³-hybridized carbons (Fsp3) is 0. The Morgan fingerprint density at radius 2 is 1.52 bits per heavy atom. The van der Waals surface area contributed by atoms with Gasteiger partial charge in [0, 0.05) is 0 Å². The highest BCUT2D eigenvalue weighted by atomic mass is 19.1. The number of carbonyl (C=O) groups excluding carboxylic acids is 2. The van der Waals surface area contributed by atoms with Crippen molar-refractivity contribution in [3.05, 3.63) is 59.4 Å². The molecule has 0 unspecified atom stereocenters. The van der Waals surface area contributed by atoms with Gasteiger partial charge in [-0.2, -0.15) is 0 Å². The quantitative estimate of drug-likeness (QED) is 0.615. The SMILES string of the molecule is O=C1c2ccccc2C(=O)N1c1cc(F)cc(B(O)O)c1. The van der Waals surface area contributed by atoms with Crippen LogP contribution in [-0.4, -0.2) is 29.0 Å². The first-order valence-corrected chi connectivity index (χ1v) is 6.13. The van der Waals surface area contributed by atoms with E-state index < -0.39 is 24.7 Å². The third kappa shape index (κ3) is 2.12. The molecule has 0 spiro atoms. The predicted octanol–water partition coefficient (Wildman–Crippen LogP) is 0.306. The van der Waals surface area contributed by atoms with Crippen molar-refractivity contribution >= 4 is 30.1 Å². The Morgan fingerprint density at radius 1 is 0.952 bits per heavy atom. The maximum absolute atomic E-state index is 13.6. The first kappa shape index (κ1) is 13.5. The van der Waals surface area contributed by atoms with E-state index in [0.717, 1.165) is 17.0 Å². The molecule has 2 amide bonds. The van der Waals surface area contributed by atoms with Crippen molar-refractivity contribution in [2.45, 2.75) is 0 Å². The molecule has 1 aliphatic heterocycles. The van der Waals surface area contributed by atoms with Crippen molar-refractivity contribution in [2.75, 3.05) is 4.90 Å². The molecule has 21 heavy (non-hydrogen) atoms. The van der Waals surface area contributed by atoms with Crippen LogP contribution >= 0.6 is 0 Å². The molecule has 2 aromatic carbocycles. The van der Waals surface area contributed by atoms with Gasteiger partial charge in [0.05, 0.1) is 16.8 Å². The van der Waals surface area contributed by atoms with Gasteiger partial charge >= 0.3 is 7.12 Å². The van der Waals surface area contributed by atoms with Crippen molar-refractivity contribution in [3.63, 3.8) is 0 Å². The molecule has 1 aliphatic rings. The lowest BCUT2D eigenvalue weighted by atomic mass is 9.80. The van der Waals surface area contributed by atoms with Crippen molar-refractivity contribution in [2.24, 2.45) is 0 Å². The zero-order valence-electron chi connectivity index (χ0n) is 10.7. The van der Waals surface area contributed by atoms with Gasteiger partial charge in [-0.15, -0.1) is 0 Å². The summed E-state index contributed by atoms with van der Waals surface area (Å²) in [6.07, 6.45) is 0. The van der Waals surface area contributed by atoms with Crippen LogP contribution in [0.2, 0.25) is 0 Å². The second-order valence-corrected chi connectivity index (χ2v) is 4.61. The van der Waals surface area contributed by atoms with Gasteiger partial charge in [0.2, 0.25) is 0 Å². The molecular weight excluding hydrogens is 276 g/mol. The van der Waals surface area contributed by atoms with Gasteiger partial charge in [0.15, 0.2) is 0 Å². The number of anilines is 1. The Morgan fingerprint density at radius 3 is 2.05 bits per heavy atom. The Hall–Kier alpha value is -2.51. The second kappa shape index (κ2) is 4.80. The van der Waals surface area contributed by atoms with Gasteiger partial charge in [-0.1, -0.05) is 12.1 Å². The predicted molar refractivity (Wildman–Crippen MR) is 73.8 cm³/mol. The largest absolute Gasteiger partial charge is 0.488 e. The second-order valence-electron chi connectivity index (χ2n) is 4.61. The Labute approximate surface area is 119 Å². The third-order valence-electron chi connectivity index (χ3n) is 3.26. The highest BCUT2D eigenvalue weighted by Crippen LogP contribution is 2.28. The van der Waals surface area contributed by atoms with Gasteiger partial charge in [-0.05, 0) is 35.8 Å². The monoisotopic (exact) mass is 285 g/mol. The van der Waals surface area contributed by atoms with E-state index in [1.54, 1.807) is 12.1 Å². The molecule has 0 saturated heterocycles. The lowest BCUT2D eigenvalue weighted by Gasteiger charge is -2.15. The van der Waals surface area contributed by atoms with E-state index in [2.05, 4.69) is 0 Å². The summed E-state index contributed by atoms with van der Waals surface area (Å²) in [5.74, 6) is -1.91. The smallest absolute Gasteiger partial charge is 0.423 e. The van der Waals surface area contributed by atoms with E-state index in [0.29, 0.717) is 0 Å². The zero-order valence-corrected chi connectivity index (χ0v) is 10.7. The van der Waals surface area contributed by atoms with E-state index in [1.807, 2.05) is 0 Å². The Balaban J connectivity index is 2.11. The van der Waals surface area contributed by atoms with Gasteiger partial charge in [0.25, 0.3) is 11.8 Å². The number of rotatable bonds is 2. The van der Waals surface area contributed by atoms with E-state index in [1.165, 1.54) is 18.2 Å². The van der Waals surface area contributed by atoms with Crippen LogP contribution in [-0.2, 0) is 0 Å². The van der Waals surface area contributed by atoms with Crippen LogP contribution in [0.5, 0.6) is 0 Å². The Bertz CT molecular complexity index is 727. The first-order valence-electron chi connectivity index (χ1n) is 6.13. The summed E-state index contributed by atoms with van der Waals surface area (Å²) < 4.78 is 13.6. The Kier molecular flexibility index (Phi) is 3.08. The molecule has 2 N–H and O–H groups in total. The van der Waals surface area contributed by atoms with Gasteiger partial charge in [0.1, 0.15) is 5.82 Å². The summed E-state index contributed by atoms with van der Waals surface area (Å²) in [5, 5.41) is 18.2. The third-order valence-corrected chi connectivity index (χ3v) is 3.26.